The molecule has 4 nitrogen and oxygen atoms in total. The maximum Gasteiger partial charge on any atom is 0.318 e. The van der Waals surface area contributed by atoms with E-state index in [0.29, 0.717) is 36.1 Å². The zero-order valence-electron chi connectivity index (χ0n) is 19.0. The van der Waals surface area contributed by atoms with E-state index < -0.39 is 4.87 Å². The molecule has 7 heteroatoms. The lowest BCUT2D eigenvalue weighted by Crippen LogP contribution is -2.54. The van der Waals surface area contributed by atoms with E-state index in [0.717, 1.165) is 29.7 Å². The van der Waals surface area contributed by atoms with Gasteiger partial charge in [0.25, 0.3) is 0 Å². The average molecular weight is 507 g/mol. The third kappa shape index (κ3) is 5.79. The van der Waals surface area contributed by atoms with Gasteiger partial charge in [0, 0.05) is 24.7 Å². The van der Waals surface area contributed by atoms with Crippen molar-refractivity contribution in [1.29, 1.82) is 0 Å². The fourth-order valence-electron chi connectivity index (χ4n) is 4.59. The normalized spacial score (nSPS) is 26.3. The number of nitrogens with zero attached hydrogens (tertiary/aromatic N) is 2. The summed E-state index contributed by atoms with van der Waals surface area (Å²) in [6.45, 7) is 5.83. The van der Waals surface area contributed by atoms with Gasteiger partial charge in [0.1, 0.15) is 0 Å². The van der Waals surface area contributed by atoms with Crippen LogP contribution in [0.2, 0.25) is 5.02 Å². The minimum atomic E-state index is -0.476. The molecule has 2 unspecified atom stereocenters. The van der Waals surface area contributed by atoms with Crippen LogP contribution in [0.15, 0.2) is 70.9 Å². The maximum absolute atomic E-state index is 13.2. The number of hydrogen-bond acceptors (Lipinski definition) is 2. The van der Waals surface area contributed by atoms with E-state index in [1.165, 1.54) is 0 Å². The van der Waals surface area contributed by atoms with Crippen molar-refractivity contribution < 1.29 is 4.79 Å². The van der Waals surface area contributed by atoms with Gasteiger partial charge in [-0.05, 0) is 62.5 Å². The van der Waals surface area contributed by atoms with Gasteiger partial charge in [-0.15, -0.1) is 11.6 Å². The molecule has 1 N–H and O–H groups in total. The summed E-state index contributed by atoms with van der Waals surface area (Å²) in [7, 11) is 0. The van der Waals surface area contributed by atoms with Crippen LogP contribution in [0.3, 0.4) is 0 Å². The fraction of sp³-hybridized carbons (Fsp3) is 0.423. The molecule has 3 aliphatic rings. The molecule has 1 aromatic rings. The lowest BCUT2D eigenvalue weighted by molar-refractivity contribution is 0.116. The van der Waals surface area contributed by atoms with Crippen LogP contribution in [0, 0.1) is 0 Å². The number of nitrogens with one attached hydrogen (secondary N) is 1. The zero-order chi connectivity index (χ0) is 23.6. The van der Waals surface area contributed by atoms with E-state index in [2.05, 4.69) is 34.5 Å². The van der Waals surface area contributed by atoms with E-state index in [4.69, 9.17) is 34.8 Å². The molecule has 0 aromatic heterocycles. The Labute approximate surface area is 211 Å². The molecule has 0 spiro atoms. The predicted octanol–water partition coefficient (Wildman–Crippen LogP) is 6.78. The molecular formula is C26H30Cl3N3O. The first-order valence-electron chi connectivity index (χ1n) is 11.5. The van der Waals surface area contributed by atoms with E-state index in [9.17, 15) is 4.79 Å². The van der Waals surface area contributed by atoms with Crippen molar-refractivity contribution in [2.45, 2.75) is 50.1 Å². The number of hydrogen-bond donors (Lipinski definition) is 1. The Bertz CT molecular complexity index is 1010. The van der Waals surface area contributed by atoms with Gasteiger partial charge < -0.3 is 15.1 Å². The highest BCUT2D eigenvalue weighted by atomic mass is 35.5. The van der Waals surface area contributed by atoms with Crippen molar-refractivity contribution in [3.05, 3.63) is 81.5 Å². The highest BCUT2D eigenvalue weighted by Gasteiger charge is 2.35. The Kier molecular flexibility index (Phi) is 7.47. The van der Waals surface area contributed by atoms with Crippen molar-refractivity contribution in [1.82, 2.24) is 15.1 Å². The smallest absolute Gasteiger partial charge is 0.318 e. The van der Waals surface area contributed by atoms with Gasteiger partial charge in [0.15, 0.2) is 0 Å². The van der Waals surface area contributed by atoms with Crippen LogP contribution >= 0.6 is 34.8 Å². The van der Waals surface area contributed by atoms with Crippen molar-refractivity contribution in [2.24, 2.45) is 0 Å². The number of halogens is 3. The number of allylic oxidation sites excluding steroid dienone is 5. The second-order valence-corrected chi connectivity index (χ2v) is 10.8. The Morgan fingerprint density at radius 1 is 1.15 bits per heavy atom. The lowest BCUT2D eigenvalue weighted by Gasteiger charge is -2.45. The standard InChI is InChI=1S/C26H30Cl3N3O/c1-18(19-6-4-3-5-7-19)30-25(33)31-14-15-32(23-12-13-26(2,29)16-22(23)28)24(17-31)20-8-10-21(27)11-9-20/h4,6-12,16,18,24H,3,5,13-15,17H2,1-2H3,(H,30,33)/t18-,24?,26?/m0/s1. The van der Waals surface area contributed by atoms with E-state index in [-0.39, 0.29) is 18.1 Å². The van der Waals surface area contributed by atoms with Crippen LogP contribution in [0.25, 0.3) is 0 Å². The van der Waals surface area contributed by atoms with Crippen molar-refractivity contribution in [2.75, 3.05) is 19.6 Å². The average Bonchev–Trinajstić information content (AvgIpc) is 2.79. The third-order valence-corrected chi connectivity index (χ3v) is 7.28. The molecule has 2 amide bonds. The number of urea groups is 1. The van der Waals surface area contributed by atoms with E-state index >= 15 is 0 Å². The van der Waals surface area contributed by atoms with Gasteiger partial charge in [0.2, 0.25) is 0 Å². The number of piperazine rings is 1. The summed E-state index contributed by atoms with van der Waals surface area (Å²) in [5.41, 5.74) is 3.23. The van der Waals surface area contributed by atoms with Gasteiger partial charge in [-0.1, -0.05) is 59.6 Å². The van der Waals surface area contributed by atoms with Crippen molar-refractivity contribution in [3.8, 4) is 0 Å². The second kappa shape index (κ2) is 10.2. The lowest BCUT2D eigenvalue weighted by atomic mass is 9.96. The quantitative estimate of drug-likeness (QED) is 0.457. The van der Waals surface area contributed by atoms with E-state index in [1.807, 2.05) is 49.1 Å². The first-order valence-corrected chi connectivity index (χ1v) is 12.6. The summed E-state index contributed by atoms with van der Waals surface area (Å²) in [5.74, 6) is 0. The third-order valence-electron chi connectivity index (χ3n) is 6.46. The molecule has 1 saturated heterocycles. The largest absolute Gasteiger partial charge is 0.360 e. The molecule has 1 heterocycles. The molecule has 4 rings (SSSR count). The number of benzene rings is 1. The van der Waals surface area contributed by atoms with Gasteiger partial charge in [-0.25, -0.2) is 4.79 Å². The van der Waals surface area contributed by atoms with Crippen LogP contribution in [0.1, 0.15) is 44.7 Å². The minimum absolute atomic E-state index is 0.0270. The number of amides is 2. The molecule has 176 valence electrons. The highest BCUT2D eigenvalue weighted by Crippen LogP contribution is 2.39. The molecular weight excluding hydrogens is 477 g/mol. The Balaban J connectivity index is 1.54. The molecule has 1 aliphatic heterocycles. The molecule has 1 fully saturated rings. The Morgan fingerprint density at radius 2 is 1.91 bits per heavy atom. The van der Waals surface area contributed by atoms with Crippen LogP contribution in [-0.2, 0) is 0 Å². The Hall–Kier alpha value is -1.88. The molecule has 2 aliphatic carbocycles. The topological polar surface area (TPSA) is 35.6 Å². The monoisotopic (exact) mass is 505 g/mol. The molecule has 33 heavy (non-hydrogen) atoms. The summed E-state index contributed by atoms with van der Waals surface area (Å²) in [4.78, 5) is 16.9. The zero-order valence-corrected chi connectivity index (χ0v) is 21.3. The summed E-state index contributed by atoms with van der Waals surface area (Å²) in [5, 5.41) is 4.51. The summed E-state index contributed by atoms with van der Waals surface area (Å²) in [6.07, 6.45) is 13.3. The maximum atomic E-state index is 13.2. The van der Waals surface area contributed by atoms with Crippen LogP contribution in [-0.4, -0.2) is 46.4 Å². The predicted molar refractivity (Wildman–Crippen MR) is 138 cm³/mol. The second-order valence-electron chi connectivity index (χ2n) is 9.13. The number of carbonyl (C=O) groups is 1. The fourth-order valence-corrected chi connectivity index (χ4v) is 5.38. The van der Waals surface area contributed by atoms with Crippen LogP contribution in [0.5, 0.6) is 0 Å². The summed E-state index contributed by atoms with van der Waals surface area (Å²) in [6, 6.07) is 7.71. The number of carbonyl (C=O) groups excluding carboxylic acids is 1. The van der Waals surface area contributed by atoms with Crippen molar-refractivity contribution >= 4 is 40.8 Å². The first-order chi connectivity index (χ1) is 15.7. The van der Waals surface area contributed by atoms with E-state index in [1.54, 1.807) is 0 Å². The number of alkyl halides is 1. The van der Waals surface area contributed by atoms with Crippen LogP contribution < -0.4 is 5.32 Å². The summed E-state index contributed by atoms with van der Waals surface area (Å²) < 4.78 is 0. The highest BCUT2D eigenvalue weighted by molar-refractivity contribution is 6.34. The van der Waals surface area contributed by atoms with Crippen LogP contribution in [0.4, 0.5) is 4.79 Å². The molecule has 1 aromatic carbocycles. The minimum Gasteiger partial charge on any atom is -0.360 e. The first kappa shape index (κ1) is 24.3. The molecule has 0 bridgehead atoms. The Morgan fingerprint density at radius 3 is 2.58 bits per heavy atom. The van der Waals surface area contributed by atoms with Gasteiger partial charge >= 0.3 is 6.03 Å². The molecule has 0 radical (unpaired) electrons. The van der Waals surface area contributed by atoms with Gasteiger partial charge in [-0.3, -0.25) is 0 Å². The molecule has 0 saturated carbocycles. The SMILES string of the molecule is C[C@H](NC(=O)N1CCN(C2=CCC(C)(Cl)C=C2Cl)C(c2ccc(Cl)cc2)C1)C1=CCCC=C1. The van der Waals surface area contributed by atoms with Crippen molar-refractivity contribution in [3.63, 3.8) is 0 Å². The number of rotatable bonds is 4. The van der Waals surface area contributed by atoms with Gasteiger partial charge in [-0.2, -0.15) is 0 Å². The molecule has 3 atom stereocenters. The summed E-state index contributed by atoms with van der Waals surface area (Å²) >= 11 is 19.3. The van der Waals surface area contributed by atoms with Gasteiger partial charge in [0.05, 0.1) is 27.7 Å².